The third-order valence-corrected chi connectivity index (χ3v) is 4.41. The predicted octanol–water partition coefficient (Wildman–Crippen LogP) is 2.63. The van der Waals surface area contributed by atoms with Crippen LogP contribution in [0.25, 0.3) is 10.9 Å². The molecular formula is C17H23N3O. The van der Waals surface area contributed by atoms with Gasteiger partial charge < -0.3 is 15.2 Å². The van der Waals surface area contributed by atoms with E-state index in [1.165, 1.54) is 12.8 Å². The number of hydrogen-bond acceptors (Lipinski definition) is 2. The van der Waals surface area contributed by atoms with Crippen LogP contribution in [-0.2, 0) is 0 Å². The molecule has 4 heteroatoms. The van der Waals surface area contributed by atoms with Crippen molar-refractivity contribution in [1.29, 1.82) is 0 Å². The van der Waals surface area contributed by atoms with Crippen LogP contribution in [0, 0.1) is 5.92 Å². The first-order valence-corrected chi connectivity index (χ1v) is 7.80. The summed E-state index contributed by atoms with van der Waals surface area (Å²) in [7, 11) is 0. The first-order chi connectivity index (χ1) is 10.2. The molecule has 2 aromatic rings. The molecule has 0 saturated carbocycles. The van der Waals surface area contributed by atoms with Gasteiger partial charge in [0.05, 0.1) is 0 Å². The van der Waals surface area contributed by atoms with Crippen LogP contribution in [0.1, 0.15) is 30.1 Å². The number of carbonyl (C=O) groups excluding carboxylic acids is 1. The van der Waals surface area contributed by atoms with E-state index in [4.69, 9.17) is 0 Å². The van der Waals surface area contributed by atoms with E-state index in [2.05, 4.69) is 22.1 Å². The lowest BCUT2D eigenvalue weighted by atomic mass is 9.99. The zero-order valence-corrected chi connectivity index (χ0v) is 12.6. The summed E-state index contributed by atoms with van der Waals surface area (Å²) in [5.74, 6) is 0.861. The van der Waals surface area contributed by atoms with Gasteiger partial charge in [-0.3, -0.25) is 4.79 Å². The summed E-state index contributed by atoms with van der Waals surface area (Å²) in [5.41, 5.74) is 1.73. The van der Waals surface area contributed by atoms with Crippen LogP contribution in [0.4, 0.5) is 0 Å². The molecule has 0 atom stereocenters. The Labute approximate surface area is 125 Å². The number of rotatable bonds is 4. The Bertz CT molecular complexity index is 611. The van der Waals surface area contributed by atoms with Gasteiger partial charge in [-0.15, -0.1) is 0 Å². The Kier molecular flexibility index (Phi) is 4.25. The van der Waals surface area contributed by atoms with Gasteiger partial charge in [0, 0.05) is 30.4 Å². The maximum atomic E-state index is 12.2. The van der Waals surface area contributed by atoms with Crippen molar-refractivity contribution in [2.24, 2.45) is 5.92 Å². The molecule has 0 unspecified atom stereocenters. The van der Waals surface area contributed by atoms with E-state index in [9.17, 15) is 4.79 Å². The standard InChI is InChI=1S/C17H23N3O/c1-13-5-9-20(10-6-13)11-8-19-17(21)15-3-2-14-4-7-18-16(14)12-15/h2-4,7,12-13,18H,5-6,8-11H2,1H3,(H,19,21). The smallest absolute Gasteiger partial charge is 0.251 e. The molecule has 3 rings (SSSR count). The largest absolute Gasteiger partial charge is 0.361 e. The Hall–Kier alpha value is -1.81. The molecule has 1 saturated heterocycles. The van der Waals surface area contributed by atoms with E-state index in [-0.39, 0.29) is 5.91 Å². The number of piperidine rings is 1. The number of carbonyl (C=O) groups is 1. The van der Waals surface area contributed by atoms with Crippen molar-refractivity contribution in [3.05, 3.63) is 36.0 Å². The minimum atomic E-state index is 0.0110. The van der Waals surface area contributed by atoms with Gasteiger partial charge in [0.15, 0.2) is 0 Å². The second-order valence-electron chi connectivity index (χ2n) is 6.06. The maximum Gasteiger partial charge on any atom is 0.251 e. The molecule has 1 aromatic carbocycles. The van der Waals surface area contributed by atoms with E-state index >= 15 is 0 Å². The fourth-order valence-corrected chi connectivity index (χ4v) is 2.90. The van der Waals surface area contributed by atoms with Crippen molar-refractivity contribution >= 4 is 16.8 Å². The summed E-state index contributed by atoms with van der Waals surface area (Å²) in [6, 6.07) is 7.78. The SMILES string of the molecule is CC1CCN(CCNC(=O)c2ccc3cc[nH]c3c2)CC1. The van der Waals surface area contributed by atoms with Crippen LogP contribution in [-0.4, -0.2) is 42.0 Å². The van der Waals surface area contributed by atoms with Crippen LogP contribution in [0.5, 0.6) is 0 Å². The van der Waals surface area contributed by atoms with Crippen LogP contribution >= 0.6 is 0 Å². The first kappa shape index (κ1) is 14.1. The van der Waals surface area contributed by atoms with Crippen molar-refractivity contribution < 1.29 is 4.79 Å². The van der Waals surface area contributed by atoms with Gasteiger partial charge in [-0.1, -0.05) is 13.0 Å². The number of likely N-dealkylation sites (tertiary alicyclic amines) is 1. The zero-order chi connectivity index (χ0) is 14.7. The number of aromatic amines is 1. The third kappa shape index (κ3) is 3.45. The van der Waals surface area contributed by atoms with Crippen LogP contribution < -0.4 is 5.32 Å². The molecule has 0 radical (unpaired) electrons. The van der Waals surface area contributed by atoms with E-state index in [0.29, 0.717) is 0 Å². The lowest BCUT2D eigenvalue weighted by molar-refractivity contribution is 0.0944. The molecule has 2 heterocycles. The normalized spacial score (nSPS) is 17.2. The molecule has 4 nitrogen and oxygen atoms in total. The van der Waals surface area contributed by atoms with E-state index in [1.807, 2.05) is 30.5 Å². The van der Waals surface area contributed by atoms with Gasteiger partial charge in [0.25, 0.3) is 5.91 Å². The highest BCUT2D eigenvalue weighted by molar-refractivity contribution is 5.97. The van der Waals surface area contributed by atoms with Crippen molar-refractivity contribution in [1.82, 2.24) is 15.2 Å². The average Bonchev–Trinajstić information content (AvgIpc) is 2.96. The molecule has 1 aliphatic heterocycles. The number of fused-ring (bicyclic) bond motifs is 1. The minimum Gasteiger partial charge on any atom is -0.361 e. The van der Waals surface area contributed by atoms with Crippen LogP contribution in [0.2, 0.25) is 0 Å². The number of amides is 1. The van der Waals surface area contributed by atoms with Gasteiger partial charge in [0.2, 0.25) is 0 Å². The monoisotopic (exact) mass is 285 g/mol. The van der Waals surface area contributed by atoms with Crippen LogP contribution in [0.15, 0.2) is 30.5 Å². The summed E-state index contributed by atoms with van der Waals surface area (Å²) in [6.45, 7) is 6.30. The molecule has 0 spiro atoms. The minimum absolute atomic E-state index is 0.0110. The van der Waals surface area contributed by atoms with Crippen LogP contribution in [0.3, 0.4) is 0 Å². The molecule has 2 N–H and O–H groups in total. The summed E-state index contributed by atoms with van der Waals surface area (Å²) in [6.07, 6.45) is 4.44. The number of nitrogens with one attached hydrogen (secondary N) is 2. The van der Waals surface area contributed by atoms with Crippen molar-refractivity contribution in [3.63, 3.8) is 0 Å². The molecule has 112 valence electrons. The molecule has 1 amide bonds. The molecule has 0 bridgehead atoms. The highest BCUT2D eigenvalue weighted by Gasteiger charge is 2.15. The second kappa shape index (κ2) is 6.31. The zero-order valence-electron chi connectivity index (χ0n) is 12.6. The average molecular weight is 285 g/mol. The van der Waals surface area contributed by atoms with Gasteiger partial charge in [-0.2, -0.15) is 0 Å². The predicted molar refractivity (Wildman–Crippen MR) is 85.5 cm³/mol. The third-order valence-electron chi connectivity index (χ3n) is 4.41. The number of nitrogens with zero attached hydrogens (tertiary/aromatic N) is 1. The van der Waals surface area contributed by atoms with Crippen molar-refractivity contribution in [3.8, 4) is 0 Å². The molecule has 1 aliphatic rings. The topological polar surface area (TPSA) is 48.1 Å². The van der Waals surface area contributed by atoms with Crippen molar-refractivity contribution in [2.75, 3.05) is 26.2 Å². The summed E-state index contributed by atoms with van der Waals surface area (Å²) >= 11 is 0. The fraction of sp³-hybridized carbons (Fsp3) is 0.471. The van der Waals surface area contributed by atoms with Gasteiger partial charge in [-0.25, -0.2) is 0 Å². The maximum absolute atomic E-state index is 12.2. The second-order valence-corrected chi connectivity index (χ2v) is 6.06. The fourth-order valence-electron chi connectivity index (χ4n) is 2.90. The quantitative estimate of drug-likeness (QED) is 0.907. The summed E-state index contributed by atoms with van der Waals surface area (Å²) in [4.78, 5) is 17.7. The number of hydrogen-bond donors (Lipinski definition) is 2. The highest BCUT2D eigenvalue weighted by atomic mass is 16.1. The lowest BCUT2D eigenvalue weighted by Gasteiger charge is -2.30. The van der Waals surface area contributed by atoms with E-state index < -0.39 is 0 Å². The van der Waals surface area contributed by atoms with Gasteiger partial charge >= 0.3 is 0 Å². The Balaban J connectivity index is 1.49. The van der Waals surface area contributed by atoms with E-state index in [1.54, 1.807) is 0 Å². The Morgan fingerprint density at radius 2 is 2.14 bits per heavy atom. The summed E-state index contributed by atoms with van der Waals surface area (Å²) < 4.78 is 0. The highest BCUT2D eigenvalue weighted by Crippen LogP contribution is 2.15. The molecule has 1 aromatic heterocycles. The Morgan fingerprint density at radius 1 is 1.33 bits per heavy atom. The van der Waals surface area contributed by atoms with Gasteiger partial charge in [0.1, 0.15) is 0 Å². The molecule has 21 heavy (non-hydrogen) atoms. The molecule has 0 aliphatic carbocycles. The van der Waals surface area contributed by atoms with Gasteiger partial charge in [-0.05, 0) is 55.4 Å². The summed E-state index contributed by atoms with van der Waals surface area (Å²) in [5, 5.41) is 4.15. The van der Waals surface area contributed by atoms with E-state index in [0.717, 1.165) is 48.6 Å². The lowest BCUT2D eigenvalue weighted by Crippen LogP contribution is -2.39. The molecular weight excluding hydrogens is 262 g/mol. The number of benzene rings is 1. The number of aromatic nitrogens is 1. The van der Waals surface area contributed by atoms with Crippen molar-refractivity contribution in [2.45, 2.75) is 19.8 Å². The molecule has 1 fully saturated rings. The Morgan fingerprint density at radius 3 is 2.95 bits per heavy atom. The number of H-pyrrole nitrogens is 1. The first-order valence-electron chi connectivity index (χ1n) is 7.80.